The second-order valence-electron chi connectivity index (χ2n) is 5.84. The summed E-state index contributed by atoms with van der Waals surface area (Å²) in [5.41, 5.74) is 0.494. The number of β-amino-alcohol motifs (C(OH)–C–C–N with tert-alkyl or cyclic N) is 1. The number of imidazole rings is 1. The van der Waals surface area contributed by atoms with Gasteiger partial charge in [0.1, 0.15) is 0 Å². The Hall–Kier alpha value is -2.19. The van der Waals surface area contributed by atoms with Gasteiger partial charge < -0.3 is 9.67 Å². The second-order valence-corrected chi connectivity index (χ2v) is 5.84. The Morgan fingerprint density at radius 1 is 1.36 bits per heavy atom. The first kappa shape index (κ1) is 14.7. The van der Waals surface area contributed by atoms with Gasteiger partial charge in [0.15, 0.2) is 0 Å². The largest absolute Gasteiger partial charge is 0.390 e. The molecule has 8 nitrogen and oxygen atoms in total. The molecule has 0 saturated carbocycles. The van der Waals surface area contributed by atoms with Crippen LogP contribution in [-0.2, 0) is 13.6 Å². The van der Waals surface area contributed by atoms with Gasteiger partial charge in [-0.05, 0) is 6.92 Å². The van der Waals surface area contributed by atoms with E-state index in [0.29, 0.717) is 25.2 Å². The minimum absolute atomic E-state index is 0.369. The number of hydrogen-bond acceptors (Lipinski definition) is 5. The number of rotatable bonds is 3. The first-order valence-corrected chi connectivity index (χ1v) is 7.13. The lowest BCUT2D eigenvalue weighted by Crippen LogP contribution is -2.37. The molecule has 0 unspecified atom stereocenters. The summed E-state index contributed by atoms with van der Waals surface area (Å²) in [5.74, 6) is 0. The van der Waals surface area contributed by atoms with Crippen LogP contribution < -0.4 is 11.2 Å². The predicted molar refractivity (Wildman–Crippen MR) is 79.6 cm³/mol. The molecule has 118 valence electrons. The molecule has 1 fully saturated rings. The Bertz CT molecular complexity index is 790. The molecule has 2 N–H and O–H groups in total. The summed E-state index contributed by atoms with van der Waals surface area (Å²) >= 11 is 0. The molecule has 22 heavy (non-hydrogen) atoms. The predicted octanol–water partition coefficient (Wildman–Crippen LogP) is -1.00. The molecule has 2 atom stereocenters. The molecule has 1 aliphatic heterocycles. The van der Waals surface area contributed by atoms with Gasteiger partial charge in [-0.1, -0.05) is 0 Å². The highest BCUT2D eigenvalue weighted by molar-refractivity contribution is 5.04. The van der Waals surface area contributed by atoms with Gasteiger partial charge in [-0.3, -0.25) is 19.2 Å². The second kappa shape index (κ2) is 5.54. The van der Waals surface area contributed by atoms with Crippen molar-refractivity contribution in [3.63, 3.8) is 0 Å². The maximum Gasteiger partial charge on any atom is 0.328 e. The monoisotopic (exact) mass is 305 g/mol. The summed E-state index contributed by atoms with van der Waals surface area (Å²) in [4.78, 5) is 32.0. The Labute approximate surface area is 126 Å². The van der Waals surface area contributed by atoms with E-state index in [1.54, 1.807) is 13.3 Å². The van der Waals surface area contributed by atoms with Crippen LogP contribution in [0.3, 0.4) is 0 Å². The smallest absolute Gasteiger partial charge is 0.328 e. The lowest BCUT2D eigenvalue weighted by atomic mass is 10.2. The van der Waals surface area contributed by atoms with Crippen LogP contribution >= 0.6 is 0 Å². The Morgan fingerprint density at radius 2 is 2.14 bits per heavy atom. The molecule has 0 amide bonds. The van der Waals surface area contributed by atoms with Crippen molar-refractivity contribution in [2.75, 3.05) is 13.1 Å². The summed E-state index contributed by atoms with van der Waals surface area (Å²) < 4.78 is 3.29. The van der Waals surface area contributed by atoms with Gasteiger partial charge in [0.2, 0.25) is 0 Å². The fourth-order valence-corrected chi connectivity index (χ4v) is 2.86. The first-order chi connectivity index (χ1) is 10.4. The van der Waals surface area contributed by atoms with Gasteiger partial charge in [-0.15, -0.1) is 0 Å². The van der Waals surface area contributed by atoms with Crippen molar-refractivity contribution in [3.8, 4) is 0 Å². The standard InChI is InChI=1S/C14H19N5O3/c1-9-3-19(14(22)16-13(9)21)11-6-18(7-12(11)20)5-10-4-17(2)8-15-10/h3-4,8,11-12,20H,5-7H2,1-2H3,(H,16,21,22)/t11-,12-/m1/s1. The molecule has 0 aliphatic carbocycles. The maximum atomic E-state index is 12.0. The highest BCUT2D eigenvalue weighted by Crippen LogP contribution is 2.22. The Balaban J connectivity index is 1.80. The van der Waals surface area contributed by atoms with Crippen LogP contribution in [0.4, 0.5) is 0 Å². The lowest BCUT2D eigenvalue weighted by molar-refractivity contribution is 0.141. The van der Waals surface area contributed by atoms with Crippen molar-refractivity contribution < 1.29 is 5.11 Å². The average Bonchev–Trinajstić information content (AvgIpc) is 3.01. The lowest BCUT2D eigenvalue weighted by Gasteiger charge is -2.17. The number of aliphatic hydroxyl groups is 1. The number of aromatic nitrogens is 4. The van der Waals surface area contributed by atoms with E-state index in [0.717, 1.165) is 5.69 Å². The topological polar surface area (TPSA) is 96.2 Å². The third-order valence-electron chi connectivity index (χ3n) is 3.98. The van der Waals surface area contributed by atoms with Crippen LogP contribution in [0.1, 0.15) is 17.3 Å². The molecule has 0 aromatic carbocycles. The third-order valence-corrected chi connectivity index (χ3v) is 3.98. The van der Waals surface area contributed by atoms with E-state index in [2.05, 4.69) is 9.97 Å². The zero-order valence-corrected chi connectivity index (χ0v) is 12.6. The van der Waals surface area contributed by atoms with Crippen molar-refractivity contribution in [1.82, 2.24) is 24.0 Å². The Morgan fingerprint density at radius 3 is 2.82 bits per heavy atom. The van der Waals surface area contributed by atoms with Crippen LogP contribution in [0.5, 0.6) is 0 Å². The van der Waals surface area contributed by atoms with E-state index in [9.17, 15) is 14.7 Å². The average molecular weight is 305 g/mol. The highest BCUT2D eigenvalue weighted by Gasteiger charge is 2.33. The minimum Gasteiger partial charge on any atom is -0.390 e. The van der Waals surface area contributed by atoms with Crippen LogP contribution in [0.25, 0.3) is 0 Å². The Kier molecular flexibility index (Phi) is 3.71. The van der Waals surface area contributed by atoms with Gasteiger partial charge in [-0.2, -0.15) is 0 Å². The van der Waals surface area contributed by atoms with Gasteiger partial charge in [-0.25, -0.2) is 9.78 Å². The molecule has 3 rings (SSSR count). The summed E-state index contributed by atoms with van der Waals surface area (Å²) in [6.45, 7) is 3.25. The normalized spacial score (nSPS) is 22.3. The fraction of sp³-hybridized carbons (Fsp3) is 0.500. The van der Waals surface area contributed by atoms with Crippen molar-refractivity contribution in [2.24, 2.45) is 7.05 Å². The summed E-state index contributed by atoms with van der Waals surface area (Å²) in [7, 11) is 1.90. The fourth-order valence-electron chi connectivity index (χ4n) is 2.86. The third kappa shape index (κ3) is 2.75. The van der Waals surface area contributed by atoms with Crippen molar-refractivity contribution in [2.45, 2.75) is 25.6 Å². The maximum absolute atomic E-state index is 12.0. The van der Waals surface area contributed by atoms with Gasteiger partial charge in [0, 0.05) is 44.6 Å². The summed E-state index contributed by atoms with van der Waals surface area (Å²) in [6.07, 6.45) is 4.51. The minimum atomic E-state index is -0.660. The molecule has 0 spiro atoms. The van der Waals surface area contributed by atoms with E-state index >= 15 is 0 Å². The van der Waals surface area contributed by atoms with Crippen molar-refractivity contribution >= 4 is 0 Å². The molecule has 0 bridgehead atoms. The van der Waals surface area contributed by atoms with Crippen molar-refractivity contribution in [3.05, 3.63) is 50.8 Å². The summed E-state index contributed by atoms with van der Waals surface area (Å²) in [6, 6.07) is -0.369. The molecule has 2 aromatic heterocycles. The molecule has 0 radical (unpaired) electrons. The molecule has 1 aliphatic rings. The van der Waals surface area contributed by atoms with Crippen LogP contribution in [0.15, 0.2) is 28.3 Å². The number of aliphatic hydroxyl groups excluding tert-OH is 1. The SMILES string of the molecule is Cc1cn([C@@H]2CN(Cc3cn(C)cn3)C[C@H]2O)c(=O)[nH]c1=O. The number of hydrogen-bond donors (Lipinski definition) is 2. The van der Waals surface area contributed by atoms with E-state index in [1.807, 2.05) is 22.7 Å². The molecular weight excluding hydrogens is 286 g/mol. The van der Waals surface area contributed by atoms with Crippen molar-refractivity contribution in [1.29, 1.82) is 0 Å². The number of nitrogens with zero attached hydrogens (tertiary/aromatic N) is 4. The number of aryl methyl sites for hydroxylation is 2. The van der Waals surface area contributed by atoms with Gasteiger partial charge in [0.25, 0.3) is 5.56 Å². The quantitative estimate of drug-likeness (QED) is 0.758. The van der Waals surface area contributed by atoms with E-state index in [1.165, 1.54) is 10.8 Å². The number of likely N-dealkylation sites (tertiary alicyclic amines) is 1. The zero-order valence-electron chi connectivity index (χ0n) is 12.6. The number of aromatic amines is 1. The van der Waals surface area contributed by atoms with Crippen LogP contribution in [-0.4, -0.2) is 48.3 Å². The summed E-state index contributed by atoms with van der Waals surface area (Å²) in [5, 5.41) is 10.3. The first-order valence-electron chi connectivity index (χ1n) is 7.13. The highest BCUT2D eigenvalue weighted by atomic mass is 16.3. The molecule has 1 saturated heterocycles. The van der Waals surface area contributed by atoms with E-state index in [4.69, 9.17) is 0 Å². The van der Waals surface area contributed by atoms with E-state index in [-0.39, 0.29) is 11.6 Å². The van der Waals surface area contributed by atoms with E-state index < -0.39 is 11.8 Å². The molecular formula is C14H19N5O3. The molecule has 2 aromatic rings. The molecule has 8 heteroatoms. The number of H-pyrrole nitrogens is 1. The van der Waals surface area contributed by atoms with Crippen LogP contribution in [0.2, 0.25) is 0 Å². The number of nitrogens with one attached hydrogen (secondary N) is 1. The zero-order chi connectivity index (χ0) is 15.9. The van der Waals surface area contributed by atoms with Gasteiger partial charge in [0.05, 0.1) is 24.2 Å². The van der Waals surface area contributed by atoms with Gasteiger partial charge >= 0.3 is 5.69 Å². The molecule has 3 heterocycles. The van der Waals surface area contributed by atoms with Crippen LogP contribution in [0, 0.1) is 6.92 Å².